The van der Waals surface area contributed by atoms with Crippen LogP contribution >= 0.6 is 0 Å². The zero-order valence-electron chi connectivity index (χ0n) is 9.21. The van der Waals surface area contributed by atoms with Crippen LogP contribution in [0.15, 0.2) is 36.7 Å². The number of carboxylic acid groups (broad SMARTS) is 1. The maximum atomic E-state index is 10.6. The lowest BCUT2D eigenvalue weighted by atomic mass is 10.2. The lowest BCUT2D eigenvalue weighted by molar-refractivity contribution is 0.0696. The number of anilines is 2. The summed E-state index contributed by atoms with van der Waals surface area (Å²) in [6.45, 7) is 1.99. The molecular formula is C12H11N3O2. The van der Waals surface area contributed by atoms with E-state index in [1.807, 2.05) is 31.2 Å². The number of carbonyl (C=O) groups is 1. The molecule has 0 bridgehead atoms. The highest BCUT2D eigenvalue weighted by Crippen LogP contribution is 2.13. The maximum absolute atomic E-state index is 10.6. The molecule has 5 nitrogen and oxygen atoms in total. The molecule has 0 radical (unpaired) electrons. The molecule has 86 valence electrons. The normalized spacial score (nSPS) is 9.94. The van der Waals surface area contributed by atoms with E-state index in [1.54, 1.807) is 0 Å². The Balaban J connectivity index is 2.16. The number of aromatic carboxylic acids is 1. The predicted molar refractivity (Wildman–Crippen MR) is 63.5 cm³/mol. The predicted octanol–water partition coefficient (Wildman–Crippen LogP) is 2.23. The van der Waals surface area contributed by atoms with Crippen molar-refractivity contribution in [2.24, 2.45) is 0 Å². The Kier molecular flexibility index (Phi) is 3.00. The molecule has 2 rings (SSSR count). The van der Waals surface area contributed by atoms with Crippen LogP contribution in [0.5, 0.6) is 0 Å². The van der Waals surface area contributed by atoms with Crippen molar-refractivity contribution in [3.63, 3.8) is 0 Å². The monoisotopic (exact) mass is 229 g/mol. The van der Waals surface area contributed by atoms with Crippen LogP contribution in [0.3, 0.4) is 0 Å². The van der Waals surface area contributed by atoms with Gasteiger partial charge in [0.05, 0.1) is 5.56 Å². The van der Waals surface area contributed by atoms with Gasteiger partial charge in [0.2, 0.25) is 5.95 Å². The van der Waals surface area contributed by atoms with Crippen molar-refractivity contribution in [3.8, 4) is 0 Å². The lowest BCUT2D eigenvalue weighted by Gasteiger charge is -2.05. The number of hydrogen-bond acceptors (Lipinski definition) is 4. The number of carboxylic acids is 1. The van der Waals surface area contributed by atoms with E-state index in [9.17, 15) is 4.79 Å². The number of aromatic nitrogens is 2. The molecule has 0 fully saturated rings. The van der Waals surface area contributed by atoms with Gasteiger partial charge in [-0.2, -0.15) is 0 Å². The van der Waals surface area contributed by atoms with E-state index in [4.69, 9.17) is 5.11 Å². The fourth-order valence-corrected chi connectivity index (χ4v) is 1.35. The Morgan fingerprint density at radius 3 is 2.59 bits per heavy atom. The minimum Gasteiger partial charge on any atom is -0.478 e. The molecule has 0 atom stereocenters. The molecule has 2 N–H and O–H groups in total. The Labute approximate surface area is 98.2 Å². The molecular weight excluding hydrogens is 218 g/mol. The number of aryl methyl sites for hydroxylation is 1. The fourth-order valence-electron chi connectivity index (χ4n) is 1.35. The van der Waals surface area contributed by atoms with Crippen LogP contribution in [-0.2, 0) is 0 Å². The highest BCUT2D eigenvalue weighted by Gasteiger charge is 2.04. The summed E-state index contributed by atoms with van der Waals surface area (Å²) in [6, 6.07) is 7.75. The van der Waals surface area contributed by atoms with E-state index in [1.165, 1.54) is 12.4 Å². The molecule has 0 amide bonds. The third-order valence-electron chi connectivity index (χ3n) is 2.17. The van der Waals surface area contributed by atoms with Crippen LogP contribution in [0.25, 0.3) is 0 Å². The summed E-state index contributed by atoms with van der Waals surface area (Å²) in [7, 11) is 0. The minimum absolute atomic E-state index is 0.0693. The first-order valence-corrected chi connectivity index (χ1v) is 5.04. The van der Waals surface area contributed by atoms with Crippen LogP contribution in [-0.4, -0.2) is 21.0 Å². The van der Waals surface area contributed by atoms with Gasteiger partial charge < -0.3 is 10.4 Å². The molecule has 0 saturated heterocycles. The van der Waals surface area contributed by atoms with Gasteiger partial charge in [-0.1, -0.05) is 12.1 Å². The van der Waals surface area contributed by atoms with Gasteiger partial charge in [0.25, 0.3) is 0 Å². The van der Waals surface area contributed by atoms with Gasteiger partial charge >= 0.3 is 5.97 Å². The number of nitrogens with zero attached hydrogens (tertiary/aromatic N) is 2. The summed E-state index contributed by atoms with van der Waals surface area (Å²) in [6.07, 6.45) is 2.54. The molecule has 0 saturated carbocycles. The van der Waals surface area contributed by atoms with Crippen molar-refractivity contribution in [2.45, 2.75) is 6.92 Å². The van der Waals surface area contributed by atoms with Gasteiger partial charge in [0.15, 0.2) is 0 Å². The van der Waals surface area contributed by atoms with E-state index in [-0.39, 0.29) is 5.56 Å². The molecule has 2 aromatic rings. The lowest BCUT2D eigenvalue weighted by Crippen LogP contribution is -2.02. The van der Waals surface area contributed by atoms with Gasteiger partial charge in [0.1, 0.15) is 0 Å². The molecule has 0 aliphatic carbocycles. The molecule has 5 heteroatoms. The van der Waals surface area contributed by atoms with Crippen LogP contribution in [0, 0.1) is 6.92 Å². The number of nitrogens with one attached hydrogen (secondary N) is 1. The van der Waals surface area contributed by atoms with E-state index in [0.717, 1.165) is 11.3 Å². The Bertz CT molecular complexity index is 538. The van der Waals surface area contributed by atoms with Gasteiger partial charge in [-0.15, -0.1) is 0 Å². The van der Waals surface area contributed by atoms with Crippen molar-refractivity contribution in [1.82, 2.24) is 9.97 Å². The number of hydrogen-bond donors (Lipinski definition) is 2. The summed E-state index contributed by atoms with van der Waals surface area (Å²) in [5, 5.41) is 11.7. The molecule has 0 spiro atoms. The summed E-state index contributed by atoms with van der Waals surface area (Å²) in [5.74, 6) is -0.660. The third-order valence-corrected chi connectivity index (χ3v) is 2.17. The molecule has 1 heterocycles. The van der Waals surface area contributed by atoms with Gasteiger partial charge in [-0.05, 0) is 24.6 Å². The van der Waals surface area contributed by atoms with Crippen molar-refractivity contribution in [2.75, 3.05) is 5.32 Å². The Hall–Kier alpha value is -2.43. The molecule has 1 aromatic carbocycles. The second-order valence-electron chi connectivity index (χ2n) is 3.59. The minimum atomic E-state index is -1.04. The van der Waals surface area contributed by atoms with Crippen molar-refractivity contribution >= 4 is 17.6 Å². The Morgan fingerprint density at radius 2 is 2.00 bits per heavy atom. The second-order valence-corrected chi connectivity index (χ2v) is 3.59. The van der Waals surface area contributed by atoms with Crippen molar-refractivity contribution in [1.29, 1.82) is 0 Å². The van der Waals surface area contributed by atoms with Gasteiger partial charge in [-0.3, -0.25) is 0 Å². The average Bonchev–Trinajstić information content (AvgIpc) is 2.29. The number of rotatable bonds is 3. The highest BCUT2D eigenvalue weighted by molar-refractivity contribution is 5.86. The van der Waals surface area contributed by atoms with E-state index in [2.05, 4.69) is 15.3 Å². The van der Waals surface area contributed by atoms with Crippen LogP contribution in [0.2, 0.25) is 0 Å². The third kappa shape index (κ3) is 2.78. The fraction of sp³-hybridized carbons (Fsp3) is 0.0833. The Morgan fingerprint density at radius 1 is 1.29 bits per heavy atom. The SMILES string of the molecule is Cc1cccc(Nc2ncc(C(=O)O)cn2)c1. The molecule has 0 unspecified atom stereocenters. The van der Waals surface area contributed by atoms with E-state index < -0.39 is 5.97 Å². The molecule has 0 aliphatic rings. The first kappa shape index (κ1) is 11.1. The number of benzene rings is 1. The second kappa shape index (κ2) is 4.61. The van der Waals surface area contributed by atoms with Crippen LogP contribution < -0.4 is 5.32 Å². The largest absolute Gasteiger partial charge is 0.478 e. The summed E-state index contributed by atoms with van der Waals surface area (Å²) < 4.78 is 0. The van der Waals surface area contributed by atoms with Crippen molar-refractivity contribution in [3.05, 3.63) is 47.8 Å². The zero-order chi connectivity index (χ0) is 12.3. The first-order chi connectivity index (χ1) is 8.15. The smallest absolute Gasteiger partial charge is 0.338 e. The van der Waals surface area contributed by atoms with E-state index in [0.29, 0.717) is 5.95 Å². The summed E-state index contributed by atoms with van der Waals surface area (Å²) >= 11 is 0. The average molecular weight is 229 g/mol. The highest BCUT2D eigenvalue weighted by atomic mass is 16.4. The first-order valence-electron chi connectivity index (χ1n) is 5.04. The van der Waals surface area contributed by atoms with Crippen LogP contribution in [0.1, 0.15) is 15.9 Å². The maximum Gasteiger partial charge on any atom is 0.338 e. The molecule has 0 aliphatic heterocycles. The van der Waals surface area contributed by atoms with E-state index >= 15 is 0 Å². The van der Waals surface area contributed by atoms with Gasteiger partial charge in [0, 0.05) is 18.1 Å². The zero-order valence-corrected chi connectivity index (χ0v) is 9.21. The molecule has 17 heavy (non-hydrogen) atoms. The van der Waals surface area contributed by atoms with Crippen molar-refractivity contribution < 1.29 is 9.90 Å². The standard InChI is InChI=1S/C12H11N3O2/c1-8-3-2-4-10(5-8)15-12-13-6-9(7-14-12)11(16)17/h2-7H,1H3,(H,16,17)(H,13,14,15). The quantitative estimate of drug-likeness (QED) is 0.844. The molecule has 1 aromatic heterocycles. The summed E-state index contributed by atoms with van der Waals surface area (Å²) in [4.78, 5) is 18.5. The van der Waals surface area contributed by atoms with Crippen LogP contribution in [0.4, 0.5) is 11.6 Å². The summed E-state index contributed by atoms with van der Waals surface area (Å²) in [5.41, 5.74) is 2.06. The van der Waals surface area contributed by atoms with Gasteiger partial charge in [-0.25, -0.2) is 14.8 Å². The topological polar surface area (TPSA) is 75.1 Å².